The smallest absolute Gasteiger partial charge is 0.356 e. The molecule has 210 valence electrons. The van der Waals surface area contributed by atoms with Crippen molar-refractivity contribution < 1.29 is 52.4 Å². The van der Waals surface area contributed by atoms with Crippen LogP contribution in [0.2, 0.25) is 0 Å². The summed E-state index contributed by atoms with van der Waals surface area (Å²) in [5.74, 6) is -5.84. The molecule has 0 spiro atoms. The predicted octanol–water partition coefficient (Wildman–Crippen LogP) is -0.498. The molecule has 0 unspecified atom stereocenters. The maximum Gasteiger partial charge on any atom is 0.356 e. The summed E-state index contributed by atoms with van der Waals surface area (Å²) >= 11 is 0. The average Bonchev–Trinajstić information content (AvgIpc) is 2.85. The van der Waals surface area contributed by atoms with Gasteiger partial charge in [-0.15, -0.1) is 0 Å². The van der Waals surface area contributed by atoms with Crippen molar-refractivity contribution in [3.63, 3.8) is 0 Å². The minimum atomic E-state index is -3.84. The minimum absolute atomic E-state index is 0.0325. The van der Waals surface area contributed by atoms with Crippen LogP contribution in [0.25, 0.3) is 0 Å². The van der Waals surface area contributed by atoms with Crippen LogP contribution in [0.3, 0.4) is 0 Å². The number of sulfonamides is 1. The van der Waals surface area contributed by atoms with Crippen LogP contribution < -0.4 is 20.5 Å². The molecule has 7 N–H and O–H groups in total. The first-order chi connectivity index (χ1) is 18.3. The number of nitrogens with one attached hydrogen (secondary N) is 2. The number of hydrogen-bond acceptors (Lipinski definition) is 8. The second-order valence-electron chi connectivity index (χ2n) is 8.27. The summed E-state index contributed by atoms with van der Waals surface area (Å²) in [7, 11) is -3.84. The number of carbonyl (C=O) groups is 5. The Labute approximate surface area is 222 Å². The van der Waals surface area contributed by atoms with Gasteiger partial charge in [-0.05, 0) is 41.8 Å². The van der Waals surface area contributed by atoms with E-state index in [-0.39, 0.29) is 30.0 Å². The Balaban J connectivity index is 2.07. The van der Waals surface area contributed by atoms with Gasteiger partial charge in [0.2, 0.25) is 21.8 Å². The lowest BCUT2D eigenvalue weighted by molar-refractivity contribution is -0.159. The number of carboxylic acid groups (broad SMARTS) is 3. The third-order valence-corrected chi connectivity index (χ3v) is 6.18. The molecular weight excluding hydrogens is 538 g/mol. The predicted molar refractivity (Wildman–Crippen MR) is 133 cm³/mol. The van der Waals surface area contributed by atoms with Crippen molar-refractivity contribution >= 4 is 39.7 Å². The molecule has 39 heavy (non-hydrogen) atoms. The zero-order valence-electron chi connectivity index (χ0n) is 20.4. The third kappa shape index (κ3) is 10.4. The summed E-state index contributed by atoms with van der Waals surface area (Å²) in [6.45, 7) is 0.133. The second kappa shape index (κ2) is 13.9. The number of carbonyl (C=O) groups excluding carboxylic acids is 2. The lowest BCUT2D eigenvalue weighted by atomic mass is 10.0. The van der Waals surface area contributed by atoms with Gasteiger partial charge in [-0.1, -0.05) is 24.3 Å². The van der Waals surface area contributed by atoms with E-state index in [2.05, 4.69) is 10.6 Å². The monoisotopic (exact) mass is 565 g/mol. The molecule has 0 saturated heterocycles. The maximum atomic E-state index is 12.9. The Morgan fingerprint density at radius 2 is 1.41 bits per heavy atom. The van der Waals surface area contributed by atoms with E-state index in [4.69, 9.17) is 25.2 Å². The van der Waals surface area contributed by atoms with Crippen molar-refractivity contribution in [2.24, 2.45) is 5.14 Å². The van der Waals surface area contributed by atoms with Gasteiger partial charge in [0.25, 0.3) is 6.10 Å². The first-order valence-electron chi connectivity index (χ1n) is 11.4. The van der Waals surface area contributed by atoms with Gasteiger partial charge in [0.05, 0.1) is 11.3 Å². The molecule has 2 rings (SSSR count). The van der Waals surface area contributed by atoms with Gasteiger partial charge < -0.3 is 30.7 Å². The molecule has 1 atom stereocenters. The fourth-order valence-electron chi connectivity index (χ4n) is 3.28. The molecule has 15 heteroatoms. The number of primary sulfonamides is 1. The number of benzene rings is 2. The van der Waals surface area contributed by atoms with Crippen molar-refractivity contribution in [3.05, 3.63) is 59.7 Å². The quantitative estimate of drug-likeness (QED) is 0.150. The normalized spacial score (nSPS) is 11.8. The maximum absolute atomic E-state index is 12.9. The molecule has 0 saturated carbocycles. The van der Waals surface area contributed by atoms with E-state index >= 15 is 0 Å². The molecule has 2 aromatic carbocycles. The first kappa shape index (κ1) is 30.7. The standard InChI is InChI=1S/C24H27N3O11S/c25-39(36,37)17-7-3-14(4-8-17)11-12-26-22(31)18(27-19(28)9-10-20(29)30)13-15-1-5-16(6-2-15)38-21(23(32)33)24(34)35/h1-8,18,21H,9-13H2,(H,26,31)(H,27,28)(H,29,30)(H,32,33)(H,34,35)(H2,25,36,37)/t18-/m0/s1. The summed E-state index contributed by atoms with van der Waals surface area (Å²) in [5, 5.41) is 36.9. The number of hydrogen-bond donors (Lipinski definition) is 6. The molecule has 0 radical (unpaired) electrons. The summed E-state index contributed by atoms with van der Waals surface area (Å²) in [6.07, 6.45) is -2.60. The number of carboxylic acids is 3. The highest BCUT2D eigenvalue weighted by molar-refractivity contribution is 7.89. The van der Waals surface area contributed by atoms with Crippen LogP contribution in [0.4, 0.5) is 0 Å². The molecule has 0 fully saturated rings. The molecule has 0 aliphatic rings. The first-order valence-corrected chi connectivity index (χ1v) is 12.9. The molecule has 14 nitrogen and oxygen atoms in total. The Morgan fingerprint density at radius 1 is 0.846 bits per heavy atom. The Kier molecular flexibility index (Phi) is 10.9. The largest absolute Gasteiger partial charge is 0.481 e. The number of rotatable bonds is 15. The fraction of sp³-hybridized carbons (Fsp3) is 0.292. The van der Waals surface area contributed by atoms with Crippen LogP contribution in [-0.2, 0) is 46.8 Å². The molecule has 2 amide bonds. The summed E-state index contributed by atoms with van der Waals surface area (Å²) in [4.78, 5) is 57.8. The van der Waals surface area contributed by atoms with Crippen LogP contribution in [0.15, 0.2) is 53.4 Å². The van der Waals surface area contributed by atoms with Crippen LogP contribution in [-0.4, -0.2) is 72.2 Å². The van der Waals surface area contributed by atoms with Crippen LogP contribution in [0.1, 0.15) is 24.0 Å². The van der Waals surface area contributed by atoms with Gasteiger partial charge in [0.1, 0.15) is 11.8 Å². The van der Waals surface area contributed by atoms with Crippen molar-refractivity contribution in [1.29, 1.82) is 0 Å². The van der Waals surface area contributed by atoms with Crippen LogP contribution >= 0.6 is 0 Å². The zero-order chi connectivity index (χ0) is 29.2. The second-order valence-corrected chi connectivity index (χ2v) is 9.83. The number of aliphatic carboxylic acids is 3. The van der Waals surface area contributed by atoms with Crippen molar-refractivity contribution in [2.75, 3.05) is 6.54 Å². The molecule has 2 aromatic rings. The summed E-state index contributed by atoms with van der Waals surface area (Å²) in [5.41, 5.74) is 1.21. The van der Waals surface area contributed by atoms with Crippen molar-refractivity contribution in [2.45, 2.75) is 42.7 Å². The fourth-order valence-corrected chi connectivity index (χ4v) is 3.79. The zero-order valence-corrected chi connectivity index (χ0v) is 21.2. The van der Waals surface area contributed by atoms with Crippen LogP contribution in [0.5, 0.6) is 5.75 Å². The van der Waals surface area contributed by atoms with Gasteiger partial charge >= 0.3 is 17.9 Å². The summed E-state index contributed by atoms with van der Waals surface area (Å²) in [6, 6.07) is 10.2. The highest BCUT2D eigenvalue weighted by atomic mass is 32.2. The molecule has 0 heterocycles. The molecule has 0 aromatic heterocycles. The Morgan fingerprint density at radius 3 is 1.92 bits per heavy atom. The van der Waals surface area contributed by atoms with E-state index in [1.807, 2.05) is 0 Å². The third-order valence-electron chi connectivity index (χ3n) is 5.25. The Hall–Kier alpha value is -4.50. The SMILES string of the molecule is NS(=O)(=O)c1ccc(CCNC(=O)[C@H](Cc2ccc(OC(C(=O)O)C(=O)O)cc2)NC(=O)CCC(=O)O)cc1. The van der Waals surface area contributed by atoms with Gasteiger partial charge in [-0.25, -0.2) is 23.1 Å². The highest BCUT2D eigenvalue weighted by Gasteiger charge is 2.28. The number of amides is 2. The van der Waals surface area contributed by atoms with Crippen molar-refractivity contribution in [3.8, 4) is 5.75 Å². The van der Waals surface area contributed by atoms with E-state index in [1.165, 1.54) is 36.4 Å². The van der Waals surface area contributed by atoms with Crippen molar-refractivity contribution in [1.82, 2.24) is 10.6 Å². The van der Waals surface area contributed by atoms with E-state index in [9.17, 15) is 32.4 Å². The molecule has 0 bridgehead atoms. The highest BCUT2D eigenvalue weighted by Crippen LogP contribution is 2.16. The summed E-state index contributed by atoms with van der Waals surface area (Å²) < 4.78 is 27.7. The molecule has 0 aliphatic carbocycles. The topological polar surface area (TPSA) is 239 Å². The van der Waals surface area contributed by atoms with Gasteiger partial charge in [-0.2, -0.15) is 0 Å². The van der Waals surface area contributed by atoms with Gasteiger partial charge in [-0.3, -0.25) is 14.4 Å². The van der Waals surface area contributed by atoms with E-state index in [0.29, 0.717) is 17.5 Å². The van der Waals surface area contributed by atoms with Crippen LogP contribution in [0, 0.1) is 0 Å². The lowest BCUT2D eigenvalue weighted by Gasteiger charge is -2.19. The average molecular weight is 566 g/mol. The van der Waals surface area contributed by atoms with E-state index < -0.39 is 58.3 Å². The number of ether oxygens (including phenoxy) is 1. The van der Waals surface area contributed by atoms with E-state index in [1.54, 1.807) is 12.1 Å². The lowest BCUT2D eigenvalue weighted by Crippen LogP contribution is -2.48. The molecular formula is C24H27N3O11S. The Bertz CT molecular complexity index is 1300. The van der Waals surface area contributed by atoms with E-state index in [0.717, 1.165) is 0 Å². The molecule has 0 aliphatic heterocycles. The number of nitrogens with two attached hydrogens (primary N) is 1. The van der Waals surface area contributed by atoms with Gasteiger partial charge in [0.15, 0.2) is 0 Å². The minimum Gasteiger partial charge on any atom is -0.481 e. The van der Waals surface area contributed by atoms with Gasteiger partial charge in [0, 0.05) is 19.4 Å².